The predicted molar refractivity (Wildman–Crippen MR) is 47.1 cm³/mol. The van der Waals surface area contributed by atoms with E-state index in [9.17, 15) is 0 Å². The highest BCUT2D eigenvalue weighted by molar-refractivity contribution is 5.06. The van der Waals surface area contributed by atoms with Crippen molar-refractivity contribution in [1.82, 2.24) is 10.3 Å². The van der Waals surface area contributed by atoms with Gasteiger partial charge in [0.2, 0.25) is 0 Å². The molecule has 0 fully saturated rings. The molecule has 0 radical (unpaired) electrons. The van der Waals surface area contributed by atoms with Gasteiger partial charge in [0, 0.05) is 0 Å². The zero-order chi connectivity index (χ0) is 8.97. The quantitative estimate of drug-likeness (QED) is 0.503. The van der Waals surface area contributed by atoms with E-state index in [0.717, 1.165) is 18.1 Å². The summed E-state index contributed by atoms with van der Waals surface area (Å²) < 4.78 is 5.45. The maximum Gasteiger partial charge on any atom is 0.119 e. The SMILES string of the molecule is CN(C)Cc1ccc(CNN)o1. The Balaban J connectivity index is 2.52. The van der Waals surface area contributed by atoms with Crippen molar-refractivity contribution in [3.05, 3.63) is 23.7 Å². The van der Waals surface area contributed by atoms with Crippen LogP contribution >= 0.6 is 0 Å². The van der Waals surface area contributed by atoms with Gasteiger partial charge in [0.25, 0.3) is 0 Å². The molecule has 1 aromatic rings. The second-order valence-electron chi connectivity index (χ2n) is 2.99. The van der Waals surface area contributed by atoms with Crippen molar-refractivity contribution in [1.29, 1.82) is 0 Å². The van der Waals surface area contributed by atoms with Gasteiger partial charge in [0.05, 0.1) is 13.1 Å². The maximum atomic E-state index is 5.45. The van der Waals surface area contributed by atoms with Crippen LogP contribution < -0.4 is 11.3 Å². The highest BCUT2D eigenvalue weighted by Gasteiger charge is 2.01. The average Bonchev–Trinajstić information content (AvgIpc) is 2.36. The van der Waals surface area contributed by atoms with E-state index < -0.39 is 0 Å². The largest absolute Gasteiger partial charge is 0.463 e. The van der Waals surface area contributed by atoms with E-state index in [1.54, 1.807) is 0 Å². The van der Waals surface area contributed by atoms with Crippen LogP contribution in [-0.4, -0.2) is 19.0 Å². The number of nitrogens with two attached hydrogens (primary N) is 1. The van der Waals surface area contributed by atoms with Gasteiger partial charge in [0.15, 0.2) is 0 Å². The number of rotatable bonds is 4. The molecule has 12 heavy (non-hydrogen) atoms. The lowest BCUT2D eigenvalue weighted by molar-refractivity contribution is 0.339. The summed E-state index contributed by atoms with van der Waals surface area (Å²) in [7, 11) is 4.01. The smallest absolute Gasteiger partial charge is 0.119 e. The Labute approximate surface area is 72.3 Å². The molecular weight excluding hydrogens is 154 g/mol. The van der Waals surface area contributed by atoms with Crippen molar-refractivity contribution in [2.75, 3.05) is 14.1 Å². The summed E-state index contributed by atoms with van der Waals surface area (Å²) in [5, 5.41) is 0. The van der Waals surface area contributed by atoms with E-state index in [0.29, 0.717) is 6.54 Å². The molecule has 0 aromatic carbocycles. The first-order chi connectivity index (χ1) is 5.72. The van der Waals surface area contributed by atoms with Crippen LogP contribution in [0.4, 0.5) is 0 Å². The number of hydrogen-bond acceptors (Lipinski definition) is 4. The first-order valence-corrected chi connectivity index (χ1v) is 3.88. The fourth-order valence-corrected chi connectivity index (χ4v) is 1.01. The van der Waals surface area contributed by atoms with Crippen molar-refractivity contribution in [2.24, 2.45) is 5.84 Å². The number of hydrazine groups is 1. The van der Waals surface area contributed by atoms with Crippen LogP contribution in [0, 0.1) is 0 Å². The number of nitrogens with zero attached hydrogens (tertiary/aromatic N) is 1. The monoisotopic (exact) mass is 169 g/mol. The fraction of sp³-hybridized carbons (Fsp3) is 0.500. The Morgan fingerprint density at radius 2 is 2.08 bits per heavy atom. The van der Waals surface area contributed by atoms with Gasteiger partial charge in [-0.2, -0.15) is 0 Å². The molecule has 1 aromatic heterocycles. The first kappa shape index (κ1) is 9.25. The lowest BCUT2D eigenvalue weighted by Gasteiger charge is -2.05. The molecule has 4 nitrogen and oxygen atoms in total. The summed E-state index contributed by atoms with van der Waals surface area (Å²) in [5.74, 6) is 6.98. The molecule has 1 rings (SSSR count). The van der Waals surface area contributed by atoms with Gasteiger partial charge < -0.3 is 9.32 Å². The van der Waals surface area contributed by atoms with E-state index >= 15 is 0 Å². The van der Waals surface area contributed by atoms with Gasteiger partial charge in [-0.1, -0.05) is 0 Å². The van der Waals surface area contributed by atoms with E-state index in [4.69, 9.17) is 10.3 Å². The van der Waals surface area contributed by atoms with Gasteiger partial charge >= 0.3 is 0 Å². The highest BCUT2D eigenvalue weighted by Crippen LogP contribution is 2.08. The van der Waals surface area contributed by atoms with Crippen LogP contribution in [0.25, 0.3) is 0 Å². The molecule has 0 unspecified atom stereocenters. The van der Waals surface area contributed by atoms with Crippen molar-refractivity contribution >= 4 is 0 Å². The summed E-state index contributed by atoms with van der Waals surface area (Å²) in [6.45, 7) is 1.40. The Morgan fingerprint density at radius 1 is 1.42 bits per heavy atom. The van der Waals surface area contributed by atoms with Crippen molar-refractivity contribution in [2.45, 2.75) is 13.1 Å². The van der Waals surface area contributed by atoms with Crippen LogP contribution in [0.15, 0.2) is 16.5 Å². The lowest BCUT2D eigenvalue weighted by atomic mass is 10.4. The summed E-state index contributed by atoms with van der Waals surface area (Å²) in [4.78, 5) is 2.05. The van der Waals surface area contributed by atoms with Crippen molar-refractivity contribution in [3.63, 3.8) is 0 Å². The molecule has 0 aliphatic carbocycles. The third kappa shape index (κ3) is 2.65. The van der Waals surface area contributed by atoms with E-state index in [1.807, 2.05) is 26.2 Å². The Bertz CT molecular complexity index is 232. The molecule has 1 heterocycles. The van der Waals surface area contributed by atoms with Gasteiger partial charge in [-0.15, -0.1) is 0 Å². The van der Waals surface area contributed by atoms with Gasteiger partial charge in [-0.3, -0.25) is 11.3 Å². The fourth-order valence-electron chi connectivity index (χ4n) is 1.01. The van der Waals surface area contributed by atoms with Crippen molar-refractivity contribution < 1.29 is 4.42 Å². The minimum atomic E-state index is 0.577. The third-order valence-electron chi connectivity index (χ3n) is 1.47. The second kappa shape index (κ2) is 4.25. The molecule has 0 spiro atoms. The van der Waals surface area contributed by atoms with Crippen molar-refractivity contribution in [3.8, 4) is 0 Å². The molecule has 0 atom stereocenters. The molecule has 0 saturated carbocycles. The van der Waals surface area contributed by atoms with Crippen LogP contribution in [-0.2, 0) is 13.1 Å². The molecule has 0 bridgehead atoms. The molecule has 0 aliphatic heterocycles. The minimum absolute atomic E-state index is 0.577. The summed E-state index contributed by atoms with van der Waals surface area (Å²) >= 11 is 0. The third-order valence-corrected chi connectivity index (χ3v) is 1.47. The molecule has 3 N–H and O–H groups in total. The molecular formula is C8H15N3O. The van der Waals surface area contributed by atoms with Crippen LogP contribution in [0.5, 0.6) is 0 Å². The van der Waals surface area contributed by atoms with Gasteiger partial charge in [-0.05, 0) is 26.2 Å². The van der Waals surface area contributed by atoms with E-state index in [-0.39, 0.29) is 0 Å². The Hall–Kier alpha value is -0.840. The number of nitrogens with one attached hydrogen (secondary N) is 1. The van der Waals surface area contributed by atoms with Crippen LogP contribution in [0.2, 0.25) is 0 Å². The molecule has 68 valence electrons. The summed E-state index contributed by atoms with van der Waals surface area (Å²) in [6, 6.07) is 3.89. The number of furan rings is 1. The van der Waals surface area contributed by atoms with Gasteiger partial charge in [0.1, 0.15) is 11.5 Å². The van der Waals surface area contributed by atoms with Crippen LogP contribution in [0.1, 0.15) is 11.5 Å². The van der Waals surface area contributed by atoms with Crippen LogP contribution in [0.3, 0.4) is 0 Å². The Kier molecular flexibility index (Phi) is 3.28. The summed E-state index contributed by atoms with van der Waals surface area (Å²) in [5.41, 5.74) is 2.54. The zero-order valence-electron chi connectivity index (χ0n) is 7.50. The first-order valence-electron chi connectivity index (χ1n) is 3.88. The van der Waals surface area contributed by atoms with E-state index in [2.05, 4.69) is 10.3 Å². The topological polar surface area (TPSA) is 54.4 Å². The molecule has 0 amide bonds. The molecule has 0 aliphatic rings. The molecule has 0 saturated heterocycles. The normalized spacial score (nSPS) is 11.0. The van der Waals surface area contributed by atoms with Gasteiger partial charge in [-0.25, -0.2) is 0 Å². The predicted octanol–water partition coefficient (Wildman–Crippen LogP) is 0.305. The second-order valence-corrected chi connectivity index (χ2v) is 2.99. The molecule has 4 heteroatoms. The zero-order valence-corrected chi connectivity index (χ0v) is 7.50. The standard InChI is InChI=1S/C8H15N3O/c1-11(2)6-8-4-3-7(12-8)5-10-9/h3-4,10H,5-6,9H2,1-2H3. The maximum absolute atomic E-state index is 5.45. The number of hydrogen-bond donors (Lipinski definition) is 2. The average molecular weight is 169 g/mol. The highest BCUT2D eigenvalue weighted by atomic mass is 16.3. The lowest BCUT2D eigenvalue weighted by Crippen LogP contribution is -2.20. The van der Waals surface area contributed by atoms with E-state index in [1.165, 1.54) is 0 Å². The minimum Gasteiger partial charge on any atom is -0.463 e. The summed E-state index contributed by atoms with van der Waals surface area (Å²) in [6.07, 6.45) is 0. The Morgan fingerprint density at radius 3 is 2.67 bits per heavy atom.